The minimum Gasteiger partial charge on any atom is -0.326 e. The molecule has 1 rings (SSSR count). The lowest BCUT2D eigenvalue weighted by Gasteiger charge is -1.96. The van der Waals surface area contributed by atoms with Gasteiger partial charge in [-0.2, -0.15) is 0 Å². The van der Waals surface area contributed by atoms with E-state index in [-0.39, 0.29) is 0 Å². The molecule has 0 atom stereocenters. The maximum absolute atomic E-state index is 4.07. The van der Waals surface area contributed by atoms with Crippen molar-refractivity contribution in [3.63, 3.8) is 0 Å². The molecule has 0 bridgehead atoms. The van der Waals surface area contributed by atoms with E-state index in [1.165, 1.54) is 5.69 Å². The molecule has 0 radical (unpaired) electrons. The first kappa shape index (κ1) is 6.81. The summed E-state index contributed by atoms with van der Waals surface area (Å²) in [4.78, 5) is 4.07. The highest BCUT2D eigenvalue weighted by Gasteiger charge is 1.98. The summed E-state index contributed by atoms with van der Waals surface area (Å²) in [6.45, 7) is 2.11. The van der Waals surface area contributed by atoms with Crippen molar-refractivity contribution < 1.29 is 0 Å². The van der Waals surface area contributed by atoms with Crippen molar-refractivity contribution in [1.29, 1.82) is 0 Å². The Morgan fingerprint density at radius 1 is 1.78 bits per heavy atom. The average Bonchev–Trinajstić information content (AvgIpc) is 2.15. The van der Waals surface area contributed by atoms with Crippen LogP contribution in [0.15, 0.2) is 10.9 Å². The van der Waals surface area contributed by atoms with Gasteiger partial charge in [0.25, 0.3) is 0 Å². The number of imidazole rings is 1. The first-order valence-corrected chi connectivity index (χ1v) is 3.71. The predicted octanol–water partition coefficient (Wildman–Crippen LogP) is 1.75. The van der Waals surface area contributed by atoms with E-state index in [0.717, 1.165) is 11.2 Å². The number of hydrogen-bond donors (Lipinski definition) is 0. The Morgan fingerprint density at radius 3 is 2.67 bits per heavy atom. The van der Waals surface area contributed by atoms with Gasteiger partial charge in [-0.1, -0.05) is 6.92 Å². The van der Waals surface area contributed by atoms with E-state index in [9.17, 15) is 0 Å². The molecule has 0 saturated heterocycles. The van der Waals surface area contributed by atoms with Gasteiger partial charge < -0.3 is 4.57 Å². The Balaban J connectivity index is 3.04. The molecule has 50 valence electrons. The van der Waals surface area contributed by atoms with Gasteiger partial charge in [-0.25, -0.2) is 4.98 Å². The summed E-state index contributed by atoms with van der Waals surface area (Å²) in [5, 5.41) is 0. The molecule has 0 N–H and O–H groups in total. The fraction of sp³-hybridized carbons (Fsp3) is 0.500. The number of aromatic nitrogens is 2. The van der Waals surface area contributed by atoms with Gasteiger partial charge in [0.05, 0.1) is 0 Å². The number of halogens is 1. The molecule has 0 aromatic carbocycles. The quantitative estimate of drug-likeness (QED) is 0.657. The van der Waals surface area contributed by atoms with Crippen molar-refractivity contribution in [2.45, 2.75) is 13.3 Å². The highest BCUT2D eigenvalue weighted by atomic mass is 79.9. The lowest BCUT2D eigenvalue weighted by atomic mass is 10.4. The smallest absolute Gasteiger partial charge is 0.177 e. The van der Waals surface area contributed by atoms with Crippen molar-refractivity contribution in [3.05, 3.63) is 16.6 Å². The van der Waals surface area contributed by atoms with Crippen molar-refractivity contribution in [2.24, 2.45) is 7.05 Å². The van der Waals surface area contributed by atoms with E-state index < -0.39 is 0 Å². The van der Waals surface area contributed by atoms with E-state index in [1.807, 2.05) is 17.8 Å². The van der Waals surface area contributed by atoms with Gasteiger partial charge in [0.2, 0.25) is 0 Å². The van der Waals surface area contributed by atoms with Crippen LogP contribution in [0.4, 0.5) is 0 Å². The Bertz CT molecular complexity index is 205. The largest absolute Gasteiger partial charge is 0.326 e. The highest BCUT2D eigenvalue weighted by molar-refractivity contribution is 9.10. The zero-order valence-electron chi connectivity index (χ0n) is 5.56. The summed E-state index contributed by atoms with van der Waals surface area (Å²) in [6, 6.07) is 0. The second-order valence-electron chi connectivity index (χ2n) is 1.93. The average molecular weight is 189 g/mol. The third-order valence-corrected chi connectivity index (χ3v) is 2.13. The summed E-state index contributed by atoms with van der Waals surface area (Å²) in [5.41, 5.74) is 1.25. The lowest BCUT2D eigenvalue weighted by molar-refractivity contribution is 0.811. The Labute approximate surface area is 63.0 Å². The van der Waals surface area contributed by atoms with Crippen molar-refractivity contribution in [2.75, 3.05) is 0 Å². The summed E-state index contributed by atoms with van der Waals surface area (Å²) >= 11 is 3.31. The van der Waals surface area contributed by atoms with Gasteiger partial charge in [0, 0.05) is 18.9 Å². The number of hydrogen-bond acceptors (Lipinski definition) is 1. The predicted molar refractivity (Wildman–Crippen MR) is 40.3 cm³/mol. The normalized spacial score (nSPS) is 10.1. The Morgan fingerprint density at radius 2 is 2.44 bits per heavy atom. The second kappa shape index (κ2) is 2.52. The topological polar surface area (TPSA) is 17.8 Å². The molecule has 1 aromatic heterocycles. The van der Waals surface area contributed by atoms with E-state index in [4.69, 9.17) is 0 Å². The molecule has 1 aromatic rings. The summed E-state index contributed by atoms with van der Waals surface area (Å²) < 4.78 is 2.93. The van der Waals surface area contributed by atoms with Crippen molar-refractivity contribution >= 4 is 15.9 Å². The molecule has 0 spiro atoms. The van der Waals surface area contributed by atoms with Crippen LogP contribution in [0, 0.1) is 0 Å². The molecule has 3 heteroatoms. The van der Waals surface area contributed by atoms with Crippen LogP contribution in [0.25, 0.3) is 0 Å². The van der Waals surface area contributed by atoms with Crippen LogP contribution in [0.1, 0.15) is 12.6 Å². The molecule has 0 aliphatic heterocycles. The maximum atomic E-state index is 4.07. The van der Waals surface area contributed by atoms with Crippen LogP contribution in [0.5, 0.6) is 0 Å². The summed E-state index contributed by atoms with van der Waals surface area (Å²) in [5.74, 6) is 0. The summed E-state index contributed by atoms with van der Waals surface area (Å²) in [7, 11) is 2.00. The van der Waals surface area contributed by atoms with Crippen molar-refractivity contribution in [3.8, 4) is 0 Å². The monoisotopic (exact) mass is 188 g/mol. The first-order chi connectivity index (χ1) is 4.25. The van der Waals surface area contributed by atoms with Crippen LogP contribution in [0.3, 0.4) is 0 Å². The first-order valence-electron chi connectivity index (χ1n) is 2.91. The zero-order chi connectivity index (χ0) is 6.85. The van der Waals surface area contributed by atoms with Crippen LogP contribution in [-0.4, -0.2) is 9.55 Å². The number of aryl methyl sites for hydroxylation is 1. The minimum absolute atomic E-state index is 0.902. The minimum atomic E-state index is 0.902. The standard InChI is InChI=1S/C6H9BrN2/c1-3-5-4-8-6(7)9(5)2/h4H,3H2,1-2H3. The third-order valence-electron chi connectivity index (χ3n) is 1.39. The van der Waals surface area contributed by atoms with Crippen LogP contribution >= 0.6 is 15.9 Å². The molecule has 9 heavy (non-hydrogen) atoms. The van der Waals surface area contributed by atoms with E-state index in [0.29, 0.717) is 0 Å². The molecule has 0 aliphatic carbocycles. The number of rotatable bonds is 1. The van der Waals surface area contributed by atoms with E-state index in [1.54, 1.807) is 0 Å². The Kier molecular flexibility index (Phi) is 1.90. The van der Waals surface area contributed by atoms with Crippen molar-refractivity contribution in [1.82, 2.24) is 9.55 Å². The SMILES string of the molecule is CCc1cnc(Br)n1C. The highest BCUT2D eigenvalue weighted by Crippen LogP contribution is 2.08. The lowest BCUT2D eigenvalue weighted by Crippen LogP contribution is -1.93. The van der Waals surface area contributed by atoms with Gasteiger partial charge >= 0.3 is 0 Å². The van der Waals surface area contributed by atoms with Crippen LogP contribution in [-0.2, 0) is 13.5 Å². The molecule has 0 amide bonds. The third kappa shape index (κ3) is 1.15. The summed E-state index contributed by atoms with van der Waals surface area (Å²) in [6.07, 6.45) is 2.92. The fourth-order valence-corrected chi connectivity index (χ4v) is 1.08. The molecule has 0 saturated carbocycles. The van der Waals surface area contributed by atoms with E-state index >= 15 is 0 Å². The van der Waals surface area contributed by atoms with Crippen LogP contribution < -0.4 is 0 Å². The van der Waals surface area contributed by atoms with E-state index in [2.05, 4.69) is 27.8 Å². The van der Waals surface area contributed by atoms with Crippen LogP contribution in [0.2, 0.25) is 0 Å². The maximum Gasteiger partial charge on any atom is 0.177 e. The van der Waals surface area contributed by atoms with Gasteiger partial charge in [-0.15, -0.1) is 0 Å². The Hall–Kier alpha value is -0.310. The second-order valence-corrected chi connectivity index (χ2v) is 2.64. The zero-order valence-corrected chi connectivity index (χ0v) is 7.14. The van der Waals surface area contributed by atoms with Gasteiger partial charge in [-0.3, -0.25) is 0 Å². The molecular formula is C6H9BrN2. The van der Waals surface area contributed by atoms with Gasteiger partial charge in [0.1, 0.15) is 0 Å². The molecular weight excluding hydrogens is 180 g/mol. The molecule has 0 aliphatic rings. The molecule has 2 nitrogen and oxygen atoms in total. The molecule has 0 fully saturated rings. The molecule has 1 heterocycles. The van der Waals surface area contributed by atoms with Gasteiger partial charge in [0.15, 0.2) is 4.73 Å². The molecule has 0 unspecified atom stereocenters. The number of nitrogens with zero attached hydrogens (tertiary/aromatic N) is 2. The fourth-order valence-electron chi connectivity index (χ4n) is 0.748. The van der Waals surface area contributed by atoms with Gasteiger partial charge in [-0.05, 0) is 22.4 Å².